The molecule has 138 valence electrons. The number of carbonyl (C=O) groups excluding carboxylic acids is 1. The second kappa shape index (κ2) is 9.67. The van der Waals surface area contributed by atoms with E-state index in [1.807, 2.05) is 6.92 Å². The molecule has 1 aliphatic rings. The summed E-state index contributed by atoms with van der Waals surface area (Å²) >= 11 is 0. The van der Waals surface area contributed by atoms with E-state index >= 15 is 0 Å². The second-order valence-corrected chi connectivity index (χ2v) is 7.22. The van der Waals surface area contributed by atoms with Crippen LogP contribution in [0.1, 0.15) is 12.5 Å². The van der Waals surface area contributed by atoms with Crippen LogP contribution >= 0.6 is 0 Å². The van der Waals surface area contributed by atoms with Gasteiger partial charge in [-0.25, -0.2) is 13.2 Å². The summed E-state index contributed by atoms with van der Waals surface area (Å²) in [7, 11) is -3.50. The maximum Gasteiger partial charge on any atom is 0.330 e. The summed E-state index contributed by atoms with van der Waals surface area (Å²) in [4.78, 5) is 11.8. The van der Waals surface area contributed by atoms with Crippen LogP contribution in [0.15, 0.2) is 35.2 Å². The summed E-state index contributed by atoms with van der Waals surface area (Å²) in [6.45, 7) is 4.54. The molecule has 0 spiro atoms. The third kappa shape index (κ3) is 5.93. The third-order valence-electron chi connectivity index (χ3n) is 3.58. The predicted molar refractivity (Wildman–Crippen MR) is 92.5 cm³/mol. The smallest absolute Gasteiger partial charge is 0.330 e. The minimum absolute atomic E-state index is 0.202. The van der Waals surface area contributed by atoms with Crippen LogP contribution in [0.4, 0.5) is 0 Å². The summed E-state index contributed by atoms with van der Waals surface area (Å²) < 4.78 is 41.6. The quantitative estimate of drug-likeness (QED) is 0.390. The topological polar surface area (TPSA) is 82.1 Å². The van der Waals surface area contributed by atoms with Crippen molar-refractivity contribution in [2.45, 2.75) is 11.8 Å². The molecular formula is C17H23NO6S. The highest BCUT2D eigenvalue weighted by Crippen LogP contribution is 2.18. The number of sulfonamides is 1. The Labute approximate surface area is 148 Å². The van der Waals surface area contributed by atoms with Gasteiger partial charge in [-0.3, -0.25) is 0 Å². The highest BCUT2D eigenvalue weighted by atomic mass is 32.2. The second-order valence-electron chi connectivity index (χ2n) is 5.28. The average molecular weight is 369 g/mol. The molecule has 8 heteroatoms. The lowest BCUT2D eigenvalue weighted by Gasteiger charge is -2.26. The number of morpholine rings is 1. The molecule has 1 aromatic carbocycles. The van der Waals surface area contributed by atoms with Crippen molar-refractivity contribution in [3.8, 4) is 0 Å². The zero-order valence-electron chi connectivity index (χ0n) is 14.2. The first-order valence-corrected chi connectivity index (χ1v) is 9.58. The molecule has 25 heavy (non-hydrogen) atoms. The molecule has 1 heterocycles. The van der Waals surface area contributed by atoms with E-state index in [9.17, 15) is 13.2 Å². The van der Waals surface area contributed by atoms with Crippen molar-refractivity contribution in [2.75, 3.05) is 46.1 Å². The molecule has 1 aromatic rings. The number of benzene rings is 1. The van der Waals surface area contributed by atoms with Gasteiger partial charge in [0, 0.05) is 25.8 Å². The van der Waals surface area contributed by atoms with Crippen LogP contribution in [0.5, 0.6) is 0 Å². The minimum Gasteiger partial charge on any atom is -0.460 e. The van der Waals surface area contributed by atoms with E-state index in [2.05, 4.69) is 0 Å². The zero-order chi connectivity index (χ0) is 18.1. The van der Waals surface area contributed by atoms with Crippen molar-refractivity contribution in [1.82, 2.24) is 4.31 Å². The van der Waals surface area contributed by atoms with Crippen LogP contribution in [0, 0.1) is 0 Å². The molecule has 0 aliphatic carbocycles. The van der Waals surface area contributed by atoms with Gasteiger partial charge < -0.3 is 14.2 Å². The van der Waals surface area contributed by atoms with Crippen molar-refractivity contribution >= 4 is 22.1 Å². The fourth-order valence-electron chi connectivity index (χ4n) is 2.24. The molecule has 0 saturated carbocycles. The summed E-state index contributed by atoms with van der Waals surface area (Å²) in [5, 5.41) is 0. The van der Waals surface area contributed by atoms with Crippen LogP contribution in [-0.2, 0) is 29.0 Å². The molecule has 0 aromatic heterocycles. The van der Waals surface area contributed by atoms with Gasteiger partial charge in [0.15, 0.2) is 0 Å². The van der Waals surface area contributed by atoms with E-state index in [0.29, 0.717) is 45.1 Å². The Hall–Kier alpha value is -1.74. The molecule has 0 radical (unpaired) electrons. The van der Waals surface area contributed by atoms with E-state index in [1.54, 1.807) is 18.2 Å². The fourth-order valence-corrected chi connectivity index (χ4v) is 3.65. The number of hydrogen-bond acceptors (Lipinski definition) is 6. The Morgan fingerprint density at radius 3 is 2.52 bits per heavy atom. The van der Waals surface area contributed by atoms with Gasteiger partial charge in [0.2, 0.25) is 10.0 Å². The number of rotatable bonds is 8. The number of carbonyl (C=O) groups is 1. The first-order chi connectivity index (χ1) is 12.0. The molecule has 1 fully saturated rings. The summed E-state index contributed by atoms with van der Waals surface area (Å²) in [6.07, 6.45) is 2.88. The Morgan fingerprint density at radius 1 is 1.20 bits per heavy atom. The molecule has 0 N–H and O–H groups in total. The lowest BCUT2D eigenvalue weighted by atomic mass is 10.2. The van der Waals surface area contributed by atoms with Crippen molar-refractivity contribution < 1.29 is 27.4 Å². The molecule has 0 amide bonds. The SMILES string of the molecule is CCOCCOC(=O)/C=C/c1ccc(S(=O)(=O)N2CCOCC2)cc1. The van der Waals surface area contributed by atoms with Crippen LogP contribution in [0.25, 0.3) is 6.08 Å². The summed E-state index contributed by atoms with van der Waals surface area (Å²) in [6, 6.07) is 6.37. The van der Waals surface area contributed by atoms with E-state index in [0.717, 1.165) is 0 Å². The predicted octanol–water partition coefficient (Wildman–Crippen LogP) is 1.30. The Balaban J connectivity index is 1.93. The van der Waals surface area contributed by atoms with Gasteiger partial charge >= 0.3 is 5.97 Å². The maximum atomic E-state index is 12.5. The van der Waals surface area contributed by atoms with Gasteiger partial charge in [-0.1, -0.05) is 12.1 Å². The Morgan fingerprint density at radius 2 is 1.88 bits per heavy atom. The fraction of sp³-hybridized carbons (Fsp3) is 0.471. The Kier molecular flexibility index (Phi) is 7.57. The van der Waals surface area contributed by atoms with Gasteiger partial charge in [-0.2, -0.15) is 4.31 Å². The Bertz CT molecular complexity index is 678. The van der Waals surface area contributed by atoms with E-state index in [1.165, 1.54) is 22.5 Å². The standard InChI is InChI=1S/C17H23NO6S/c1-2-22-13-14-24-17(19)8-5-15-3-6-16(7-4-15)25(20,21)18-9-11-23-12-10-18/h3-8H,2,9-14H2,1H3/b8-5+. The lowest BCUT2D eigenvalue weighted by molar-refractivity contribution is -0.139. The van der Waals surface area contributed by atoms with Gasteiger partial charge in [0.05, 0.1) is 24.7 Å². The molecule has 1 aliphatic heterocycles. The lowest BCUT2D eigenvalue weighted by Crippen LogP contribution is -2.40. The third-order valence-corrected chi connectivity index (χ3v) is 5.49. The molecule has 1 saturated heterocycles. The van der Waals surface area contributed by atoms with Crippen LogP contribution in [0.2, 0.25) is 0 Å². The van der Waals surface area contributed by atoms with E-state index in [-0.39, 0.29) is 11.5 Å². The normalized spacial score (nSPS) is 16.2. The molecule has 0 atom stereocenters. The number of esters is 1. The number of nitrogens with zero attached hydrogens (tertiary/aromatic N) is 1. The van der Waals surface area contributed by atoms with Crippen LogP contribution in [0.3, 0.4) is 0 Å². The molecule has 2 rings (SSSR count). The first-order valence-electron chi connectivity index (χ1n) is 8.14. The van der Waals surface area contributed by atoms with Crippen molar-refractivity contribution in [3.05, 3.63) is 35.9 Å². The first kappa shape index (κ1) is 19.6. The summed E-state index contributed by atoms with van der Waals surface area (Å²) in [5.74, 6) is -0.468. The highest BCUT2D eigenvalue weighted by molar-refractivity contribution is 7.89. The monoisotopic (exact) mass is 369 g/mol. The van der Waals surface area contributed by atoms with E-state index < -0.39 is 16.0 Å². The number of ether oxygens (including phenoxy) is 3. The molecule has 0 bridgehead atoms. The van der Waals surface area contributed by atoms with Gasteiger partial charge in [0.1, 0.15) is 6.61 Å². The van der Waals surface area contributed by atoms with E-state index in [4.69, 9.17) is 14.2 Å². The largest absolute Gasteiger partial charge is 0.460 e. The van der Waals surface area contributed by atoms with Gasteiger partial charge in [-0.15, -0.1) is 0 Å². The van der Waals surface area contributed by atoms with Gasteiger partial charge in [0.25, 0.3) is 0 Å². The molecule has 7 nitrogen and oxygen atoms in total. The van der Waals surface area contributed by atoms with Gasteiger partial charge in [-0.05, 0) is 30.7 Å². The zero-order valence-corrected chi connectivity index (χ0v) is 15.0. The van der Waals surface area contributed by atoms with Crippen LogP contribution in [-0.4, -0.2) is 64.8 Å². The highest BCUT2D eigenvalue weighted by Gasteiger charge is 2.25. The van der Waals surface area contributed by atoms with Crippen molar-refractivity contribution in [1.29, 1.82) is 0 Å². The van der Waals surface area contributed by atoms with Crippen LogP contribution < -0.4 is 0 Å². The minimum atomic E-state index is -3.50. The maximum absolute atomic E-state index is 12.5. The molecular weight excluding hydrogens is 346 g/mol. The van der Waals surface area contributed by atoms with Crippen molar-refractivity contribution in [3.63, 3.8) is 0 Å². The average Bonchev–Trinajstić information content (AvgIpc) is 2.64. The molecule has 0 unspecified atom stereocenters. The summed E-state index contributed by atoms with van der Waals surface area (Å²) in [5.41, 5.74) is 0.711. The van der Waals surface area contributed by atoms with Crippen molar-refractivity contribution in [2.24, 2.45) is 0 Å². The number of hydrogen-bond donors (Lipinski definition) is 0.